The molecule has 0 saturated carbocycles. The first kappa shape index (κ1) is 8.05. The lowest BCUT2D eigenvalue weighted by atomic mass is 10.1. The molecule has 66 valence electrons. The molecular formula is C11H12N2. The zero-order chi connectivity index (χ0) is 9.10. The van der Waals surface area contributed by atoms with E-state index in [0.29, 0.717) is 6.04 Å². The van der Waals surface area contributed by atoms with Gasteiger partial charge in [0.2, 0.25) is 0 Å². The fraction of sp³-hybridized carbons (Fsp3) is 0.182. The van der Waals surface area contributed by atoms with Crippen LogP contribution in [0.1, 0.15) is 18.5 Å². The molecule has 2 nitrogen and oxygen atoms in total. The zero-order valence-electron chi connectivity index (χ0n) is 7.59. The van der Waals surface area contributed by atoms with Gasteiger partial charge in [0, 0.05) is 24.8 Å². The first-order valence-electron chi connectivity index (χ1n) is 4.40. The Bertz CT molecular complexity index is 351. The van der Waals surface area contributed by atoms with Gasteiger partial charge in [-0.1, -0.05) is 0 Å². The van der Waals surface area contributed by atoms with Gasteiger partial charge in [-0.25, -0.2) is 0 Å². The van der Waals surface area contributed by atoms with E-state index in [1.54, 1.807) is 0 Å². The van der Waals surface area contributed by atoms with Crippen molar-refractivity contribution in [3.05, 3.63) is 54.6 Å². The molecule has 1 unspecified atom stereocenters. The van der Waals surface area contributed by atoms with Crippen LogP contribution in [0.25, 0.3) is 0 Å². The Labute approximate surface area is 77.9 Å². The topological polar surface area (TPSA) is 17.8 Å². The van der Waals surface area contributed by atoms with Crippen LogP contribution in [0.4, 0.5) is 0 Å². The molecule has 2 aromatic rings. The number of rotatable bonds is 2. The molecule has 0 aliphatic rings. The number of hydrogen-bond acceptors (Lipinski definition) is 1. The van der Waals surface area contributed by atoms with Gasteiger partial charge in [-0.2, -0.15) is 0 Å². The molecule has 0 amide bonds. The lowest BCUT2D eigenvalue weighted by Gasteiger charge is -2.13. The largest absolute Gasteiger partial charge is 0.347 e. The van der Waals surface area contributed by atoms with E-state index in [4.69, 9.17) is 0 Å². The van der Waals surface area contributed by atoms with Gasteiger partial charge in [-0.3, -0.25) is 4.98 Å². The fourth-order valence-corrected chi connectivity index (χ4v) is 1.42. The second kappa shape index (κ2) is 3.44. The van der Waals surface area contributed by atoms with Crippen LogP contribution in [0.3, 0.4) is 0 Å². The van der Waals surface area contributed by atoms with Gasteiger partial charge in [-0.05, 0) is 36.8 Å². The maximum atomic E-state index is 4.00. The Kier molecular flexibility index (Phi) is 2.13. The van der Waals surface area contributed by atoms with Crippen LogP contribution >= 0.6 is 0 Å². The number of nitrogens with zero attached hydrogens (tertiary/aromatic N) is 2. The van der Waals surface area contributed by atoms with Crippen LogP contribution in [0, 0.1) is 0 Å². The minimum atomic E-state index is 0.387. The molecule has 0 spiro atoms. The van der Waals surface area contributed by atoms with Crippen molar-refractivity contribution < 1.29 is 0 Å². The van der Waals surface area contributed by atoms with Crippen LogP contribution in [0.15, 0.2) is 49.1 Å². The van der Waals surface area contributed by atoms with Gasteiger partial charge < -0.3 is 4.57 Å². The fourth-order valence-electron chi connectivity index (χ4n) is 1.42. The summed E-state index contributed by atoms with van der Waals surface area (Å²) in [5.74, 6) is 0. The Morgan fingerprint density at radius 2 is 1.77 bits per heavy atom. The number of aromatic nitrogens is 2. The van der Waals surface area contributed by atoms with Crippen molar-refractivity contribution in [2.45, 2.75) is 13.0 Å². The summed E-state index contributed by atoms with van der Waals surface area (Å²) in [4.78, 5) is 4.00. The lowest BCUT2D eigenvalue weighted by Crippen LogP contribution is -2.03. The standard InChI is InChI=1S/C11H12N2/c1-10(13-8-2-3-9-13)11-4-6-12-7-5-11/h2-10H,1H3. The molecule has 0 saturated heterocycles. The molecular weight excluding hydrogens is 160 g/mol. The molecule has 0 aliphatic heterocycles. The molecule has 13 heavy (non-hydrogen) atoms. The molecule has 2 heteroatoms. The molecule has 0 aromatic carbocycles. The first-order valence-corrected chi connectivity index (χ1v) is 4.40. The van der Waals surface area contributed by atoms with Crippen LogP contribution in [0.2, 0.25) is 0 Å². The highest BCUT2D eigenvalue weighted by Gasteiger charge is 2.04. The van der Waals surface area contributed by atoms with E-state index in [9.17, 15) is 0 Å². The lowest BCUT2D eigenvalue weighted by molar-refractivity contribution is 0.642. The molecule has 0 radical (unpaired) electrons. The highest BCUT2D eigenvalue weighted by atomic mass is 15.0. The third-order valence-electron chi connectivity index (χ3n) is 2.26. The molecule has 1 atom stereocenters. The summed E-state index contributed by atoms with van der Waals surface area (Å²) in [6.07, 6.45) is 7.81. The van der Waals surface area contributed by atoms with E-state index in [1.807, 2.05) is 36.7 Å². The summed E-state index contributed by atoms with van der Waals surface area (Å²) in [5, 5.41) is 0. The van der Waals surface area contributed by atoms with Crippen molar-refractivity contribution in [2.24, 2.45) is 0 Å². The van der Waals surface area contributed by atoms with Gasteiger partial charge in [-0.15, -0.1) is 0 Å². The SMILES string of the molecule is CC(c1ccncc1)n1cccc1. The van der Waals surface area contributed by atoms with Gasteiger partial charge in [0.15, 0.2) is 0 Å². The molecule has 0 N–H and O–H groups in total. The molecule has 0 aliphatic carbocycles. The van der Waals surface area contributed by atoms with Crippen molar-refractivity contribution in [1.29, 1.82) is 0 Å². The highest BCUT2D eigenvalue weighted by Crippen LogP contribution is 2.15. The second-order valence-corrected chi connectivity index (χ2v) is 3.09. The van der Waals surface area contributed by atoms with Crippen LogP contribution in [0.5, 0.6) is 0 Å². The van der Waals surface area contributed by atoms with E-state index >= 15 is 0 Å². The van der Waals surface area contributed by atoms with Crippen LogP contribution in [-0.2, 0) is 0 Å². The molecule has 2 heterocycles. The Balaban J connectivity index is 2.29. The van der Waals surface area contributed by atoms with Crippen molar-refractivity contribution in [3.63, 3.8) is 0 Å². The normalized spacial score (nSPS) is 12.7. The van der Waals surface area contributed by atoms with Gasteiger partial charge in [0.1, 0.15) is 0 Å². The minimum absolute atomic E-state index is 0.387. The number of hydrogen-bond donors (Lipinski definition) is 0. The maximum Gasteiger partial charge on any atom is 0.0552 e. The average Bonchev–Trinajstić information content (AvgIpc) is 2.71. The van der Waals surface area contributed by atoms with E-state index < -0.39 is 0 Å². The predicted molar refractivity (Wildman–Crippen MR) is 52.5 cm³/mol. The van der Waals surface area contributed by atoms with Gasteiger partial charge in [0.05, 0.1) is 6.04 Å². The van der Waals surface area contributed by atoms with Crippen molar-refractivity contribution >= 4 is 0 Å². The predicted octanol–water partition coefficient (Wildman–Crippen LogP) is 2.49. The monoisotopic (exact) mass is 172 g/mol. The van der Waals surface area contributed by atoms with E-state index in [1.165, 1.54) is 5.56 Å². The Morgan fingerprint density at radius 1 is 1.15 bits per heavy atom. The summed E-state index contributed by atoms with van der Waals surface area (Å²) in [6, 6.07) is 8.56. The van der Waals surface area contributed by atoms with E-state index in [2.05, 4.69) is 28.9 Å². The smallest absolute Gasteiger partial charge is 0.0552 e. The molecule has 0 fully saturated rings. The highest BCUT2D eigenvalue weighted by molar-refractivity contribution is 5.16. The van der Waals surface area contributed by atoms with E-state index in [-0.39, 0.29) is 0 Å². The summed E-state index contributed by atoms with van der Waals surface area (Å²) < 4.78 is 2.18. The quantitative estimate of drug-likeness (QED) is 0.680. The average molecular weight is 172 g/mol. The molecule has 2 aromatic heterocycles. The summed E-state index contributed by atoms with van der Waals surface area (Å²) in [7, 11) is 0. The van der Waals surface area contributed by atoms with Crippen LogP contribution in [-0.4, -0.2) is 9.55 Å². The third kappa shape index (κ3) is 1.61. The molecule has 2 rings (SSSR count). The Hall–Kier alpha value is -1.57. The Morgan fingerprint density at radius 3 is 2.38 bits per heavy atom. The maximum absolute atomic E-state index is 4.00. The summed E-state index contributed by atoms with van der Waals surface area (Å²) in [5.41, 5.74) is 1.28. The van der Waals surface area contributed by atoms with Crippen molar-refractivity contribution in [2.75, 3.05) is 0 Å². The van der Waals surface area contributed by atoms with Crippen LogP contribution < -0.4 is 0 Å². The summed E-state index contributed by atoms with van der Waals surface area (Å²) in [6.45, 7) is 2.18. The summed E-state index contributed by atoms with van der Waals surface area (Å²) >= 11 is 0. The first-order chi connectivity index (χ1) is 6.38. The van der Waals surface area contributed by atoms with Gasteiger partial charge in [0.25, 0.3) is 0 Å². The second-order valence-electron chi connectivity index (χ2n) is 3.09. The zero-order valence-corrected chi connectivity index (χ0v) is 7.59. The van der Waals surface area contributed by atoms with Gasteiger partial charge >= 0.3 is 0 Å². The van der Waals surface area contributed by atoms with E-state index in [0.717, 1.165) is 0 Å². The van der Waals surface area contributed by atoms with Crippen molar-refractivity contribution in [1.82, 2.24) is 9.55 Å². The number of pyridine rings is 1. The third-order valence-corrected chi connectivity index (χ3v) is 2.26. The molecule has 0 bridgehead atoms. The van der Waals surface area contributed by atoms with Crippen molar-refractivity contribution in [3.8, 4) is 0 Å². The minimum Gasteiger partial charge on any atom is -0.347 e.